The number of amides is 1. The molecule has 0 saturated carbocycles. The summed E-state index contributed by atoms with van der Waals surface area (Å²) < 4.78 is 33.0. The molecular formula is C22H34FN7O7. The van der Waals surface area contributed by atoms with Crippen LogP contribution in [0.25, 0.3) is 11.2 Å². The zero-order chi connectivity index (χ0) is 27.9. The van der Waals surface area contributed by atoms with Gasteiger partial charge in [0.05, 0.1) is 6.33 Å². The second kappa shape index (κ2) is 9.87. The van der Waals surface area contributed by atoms with Crippen molar-refractivity contribution in [2.45, 2.75) is 77.0 Å². The highest BCUT2D eigenvalue weighted by molar-refractivity contribution is 5.85. The first-order valence-electron chi connectivity index (χ1n) is 11.6. The summed E-state index contributed by atoms with van der Waals surface area (Å²) in [6, 6.07) is 0. The fourth-order valence-electron chi connectivity index (χ4n) is 3.79. The van der Waals surface area contributed by atoms with Crippen LogP contribution in [0, 0.1) is 5.92 Å². The molecule has 1 aliphatic rings. The number of nitrogens with two attached hydrogens (primary N) is 1. The summed E-state index contributed by atoms with van der Waals surface area (Å²) in [6.45, 7) is 8.29. The Hall–Kier alpha value is -3.30. The van der Waals surface area contributed by atoms with Gasteiger partial charge in [-0.05, 0) is 27.7 Å². The number of anilines is 2. The number of nitrogens with one attached hydrogen (secondary N) is 2. The minimum atomic E-state index is -2.46. The first-order chi connectivity index (χ1) is 17.0. The van der Waals surface area contributed by atoms with E-state index in [1.54, 1.807) is 27.8 Å². The number of nitrogens with zero attached hydrogens (tertiary/aromatic N) is 4. The summed E-state index contributed by atoms with van der Waals surface area (Å²) in [5, 5.41) is 26.5. The maximum absolute atomic E-state index is 15.7. The van der Waals surface area contributed by atoms with Gasteiger partial charge in [-0.1, -0.05) is 13.8 Å². The van der Waals surface area contributed by atoms with Gasteiger partial charge in [0.25, 0.3) is 0 Å². The van der Waals surface area contributed by atoms with Gasteiger partial charge in [0.2, 0.25) is 11.7 Å². The number of carbonyl (C=O) groups is 2. The molecule has 3 heterocycles. The van der Waals surface area contributed by atoms with E-state index in [1.165, 1.54) is 24.7 Å². The molecule has 3 rings (SSSR count). The Bertz CT molecular complexity index is 1170. The van der Waals surface area contributed by atoms with E-state index in [1.807, 2.05) is 0 Å². The molecule has 37 heavy (non-hydrogen) atoms. The van der Waals surface area contributed by atoms with Crippen LogP contribution in [0.1, 0.15) is 47.8 Å². The van der Waals surface area contributed by atoms with E-state index < -0.39 is 60.0 Å². The van der Waals surface area contributed by atoms with Crippen LogP contribution in [0.4, 0.5) is 21.0 Å². The molecule has 6 N–H and O–H groups in total. The van der Waals surface area contributed by atoms with Crippen LogP contribution in [-0.4, -0.2) is 84.7 Å². The van der Waals surface area contributed by atoms with Crippen molar-refractivity contribution in [2.24, 2.45) is 5.92 Å². The predicted octanol–water partition coefficient (Wildman–Crippen LogP) is 0.849. The lowest BCUT2D eigenvalue weighted by Crippen LogP contribution is -2.60. The van der Waals surface area contributed by atoms with Crippen molar-refractivity contribution in [1.29, 1.82) is 0 Å². The molecule has 0 radical (unpaired) electrons. The number of alkyl halides is 1. The second-order valence-electron chi connectivity index (χ2n) is 10.3. The number of rotatable bonds is 7. The number of hydrogen-bond donors (Lipinski definition) is 5. The van der Waals surface area contributed by atoms with Crippen LogP contribution in [0.5, 0.6) is 0 Å². The Kier molecular flexibility index (Phi) is 7.54. The van der Waals surface area contributed by atoms with E-state index >= 15 is 4.39 Å². The third kappa shape index (κ3) is 5.52. The van der Waals surface area contributed by atoms with E-state index in [0.29, 0.717) is 11.3 Å². The molecule has 0 aliphatic carbocycles. The van der Waals surface area contributed by atoms with Gasteiger partial charge in [0.15, 0.2) is 28.9 Å². The summed E-state index contributed by atoms with van der Waals surface area (Å²) in [7, 11) is 1.61. The van der Waals surface area contributed by atoms with Gasteiger partial charge in [-0.3, -0.25) is 9.88 Å². The lowest BCUT2D eigenvalue weighted by atomic mass is 9.98. The molecule has 0 unspecified atom stereocenters. The standard InChI is InChI=1S/C22H34FN7O7/c1-10(2)22(34,29-19(33)37-20(3,4)5)17(32)35-8-11-13(31)21(6,23)16(36-11)30-9-26-12-14(25-7)27-18(24)28-15(12)30/h9-11,13,16,31,34H,8H2,1-7H3,(H,29,33)(H3,24,25,27,28)/t11-,13-,16-,21-,22+/m1/s1. The Balaban J connectivity index is 1.78. The number of alkyl carbamates (subject to hydrolysis) is 1. The van der Waals surface area contributed by atoms with Gasteiger partial charge in [0.1, 0.15) is 24.4 Å². The number of ether oxygens (including phenoxy) is 3. The second-order valence-corrected chi connectivity index (χ2v) is 10.3. The molecular weight excluding hydrogens is 493 g/mol. The number of aliphatic hydroxyl groups is 2. The van der Waals surface area contributed by atoms with Crippen LogP contribution >= 0.6 is 0 Å². The monoisotopic (exact) mass is 527 g/mol. The van der Waals surface area contributed by atoms with Crippen molar-refractivity contribution in [2.75, 3.05) is 24.7 Å². The zero-order valence-electron chi connectivity index (χ0n) is 21.8. The zero-order valence-corrected chi connectivity index (χ0v) is 21.8. The average Bonchev–Trinajstić information content (AvgIpc) is 3.28. The van der Waals surface area contributed by atoms with Gasteiger partial charge in [-0.15, -0.1) is 0 Å². The highest BCUT2D eigenvalue weighted by Gasteiger charge is 2.56. The third-order valence-corrected chi connectivity index (χ3v) is 5.86. The third-order valence-electron chi connectivity index (χ3n) is 5.86. The van der Waals surface area contributed by atoms with Crippen LogP contribution in [0.3, 0.4) is 0 Å². The topological polar surface area (TPSA) is 196 Å². The van der Waals surface area contributed by atoms with Crippen molar-refractivity contribution in [3.63, 3.8) is 0 Å². The smallest absolute Gasteiger partial charge is 0.410 e. The van der Waals surface area contributed by atoms with E-state index in [4.69, 9.17) is 19.9 Å². The molecule has 0 bridgehead atoms. The van der Waals surface area contributed by atoms with Gasteiger partial charge in [0, 0.05) is 13.0 Å². The van der Waals surface area contributed by atoms with E-state index in [-0.39, 0.29) is 11.6 Å². The fraction of sp³-hybridized carbons (Fsp3) is 0.682. The molecule has 0 aromatic carbocycles. The highest BCUT2D eigenvalue weighted by Crippen LogP contribution is 2.43. The normalized spacial score (nSPS) is 25.6. The molecule has 206 valence electrons. The Morgan fingerprint density at radius 2 is 2.00 bits per heavy atom. The van der Waals surface area contributed by atoms with E-state index in [2.05, 4.69) is 25.6 Å². The Labute approximate surface area is 212 Å². The molecule has 1 aliphatic heterocycles. The largest absolute Gasteiger partial charge is 0.459 e. The van der Waals surface area contributed by atoms with Crippen LogP contribution < -0.4 is 16.4 Å². The molecule has 15 heteroatoms. The summed E-state index contributed by atoms with van der Waals surface area (Å²) in [6.07, 6.45) is -4.26. The lowest BCUT2D eigenvalue weighted by Gasteiger charge is -2.32. The molecule has 1 saturated heterocycles. The van der Waals surface area contributed by atoms with Crippen LogP contribution in [0.15, 0.2) is 6.33 Å². The minimum Gasteiger partial charge on any atom is -0.459 e. The number of aliphatic hydroxyl groups excluding tert-OH is 1. The number of nitrogen functional groups attached to an aromatic ring is 1. The molecule has 5 atom stereocenters. The Morgan fingerprint density at radius 3 is 2.57 bits per heavy atom. The SMILES string of the molecule is CNc1nc(N)nc2c1ncn2[C@@H]1O[C@H](COC(=O)[C@](O)(NC(=O)OC(C)(C)C)C(C)C)[C@@H](O)[C@@]1(C)F. The van der Waals surface area contributed by atoms with Gasteiger partial charge in [-0.2, -0.15) is 9.97 Å². The summed E-state index contributed by atoms with van der Waals surface area (Å²) in [4.78, 5) is 37.3. The van der Waals surface area contributed by atoms with Gasteiger partial charge >= 0.3 is 12.1 Å². The summed E-state index contributed by atoms with van der Waals surface area (Å²) in [5.74, 6) is -1.84. The van der Waals surface area contributed by atoms with E-state index in [9.17, 15) is 19.8 Å². The van der Waals surface area contributed by atoms with Crippen molar-refractivity contribution in [1.82, 2.24) is 24.8 Å². The lowest BCUT2D eigenvalue weighted by molar-refractivity contribution is -0.180. The fourth-order valence-corrected chi connectivity index (χ4v) is 3.79. The highest BCUT2D eigenvalue weighted by atomic mass is 19.1. The van der Waals surface area contributed by atoms with Crippen LogP contribution in [0.2, 0.25) is 0 Å². The molecule has 14 nitrogen and oxygen atoms in total. The number of fused-ring (bicyclic) bond motifs is 1. The Morgan fingerprint density at radius 1 is 1.35 bits per heavy atom. The molecule has 1 fully saturated rings. The van der Waals surface area contributed by atoms with Crippen LogP contribution in [-0.2, 0) is 19.0 Å². The number of carbonyl (C=O) groups excluding carboxylic acids is 2. The number of hydrogen-bond acceptors (Lipinski definition) is 12. The van der Waals surface area contributed by atoms with Crippen molar-refractivity contribution in [3.05, 3.63) is 6.33 Å². The maximum Gasteiger partial charge on any atom is 0.410 e. The van der Waals surface area contributed by atoms with Gasteiger partial charge in [-0.25, -0.2) is 19.0 Å². The minimum absolute atomic E-state index is 0.0892. The maximum atomic E-state index is 15.7. The molecule has 1 amide bonds. The molecule has 0 spiro atoms. The first-order valence-corrected chi connectivity index (χ1v) is 11.6. The molecule has 2 aromatic rings. The number of esters is 1. The molecule has 2 aromatic heterocycles. The quantitative estimate of drug-likeness (QED) is 0.252. The van der Waals surface area contributed by atoms with Gasteiger partial charge < -0.3 is 35.5 Å². The van der Waals surface area contributed by atoms with Crippen molar-refractivity contribution >= 4 is 35.0 Å². The number of halogens is 1. The first kappa shape index (κ1) is 28.3. The average molecular weight is 528 g/mol. The predicted molar refractivity (Wildman–Crippen MR) is 129 cm³/mol. The van der Waals surface area contributed by atoms with Crippen molar-refractivity contribution in [3.8, 4) is 0 Å². The van der Waals surface area contributed by atoms with E-state index in [0.717, 1.165) is 6.92 Å². The summed E-state index contributed by atoms with van der Waals surface area (Å²) >= 11 is 0. The number of aromatic nitrogens is 4. The number of imidazole rings is 1. The van der Waals surface area contributed by atoms with Crippen molar-refractivity contribution < 1.29 is 38.4 Å². The summed E-state index contributed by atoms with van der Waals surface area (Å²) in [5.41, 5.74) is 0.513.